The first-order chi connectivity index (χ1) is 6.36. The van der Waals surface area contributed by atoms with E-state index in [-0.39, 0.29) is 11.5 Å². The van der Waals surface area contributed by atoms with Gasteiger partial charge in [0.15, 0.2) is 0 Å². The Bertz CT molecular complexity index is 307. The Morgan fingerprint density at radius 3 is 2.43 bits per heavy atom. The molecule has 0 amide bonds. The first-order valence-electron chi connectivity index (χ1n) is 5.14. The maximum atomic E-state index is 6.18. The Hall–Kier alpha value is -0.830. The van der Waals surface area contributed by atoms with E-state index in [4.69, 9.17) is 5.73 Å². The van der Waals surface area contributed by atoms with Crippen LogP contribution in [0.1, 0.15) is 45.1 Å². The lowest BCUT2D eigenvalue weighted by atomic mass is 9.85. The highest BCUT2D eigenvalue weighted by Gasteiger charge is 2.25. The Labute approximate surface area is 86.3 Å². The van der Waals surface area contributed by atoms with Crippen molar-refractivity contribution in [1.29, 1.82) is 0 Å². The summed E-state index contributed by atoms with van der Waals surface area (Å²) in [4.78, 5) is 0. The van der Waals surface area contributed by atoms with E-state index in [1.165, 1.54) is 0 Å². The van der Waals surface area contributed by atoms with Crippen molar-refractivity contribution in [1.82, 2.24) is 9.78 Å². The van der Waals surface area contributed by atoms with Gasteiger partial charge in [0.2, 0.25) is 0 Å². The number of aromatic nitrogens is 2. The molecule has 0 saturated carbocycles. The molecule has 0 saturated heterocycles. The van der Waals surface area contributed by atoms with Crippen LogP contribution < -0.4 is 5.73 Å². The van der Waals surface area contributed by atoms with E-state index in [0.29, 0.717) is 0 Å². The third-order valence-corrected chi connectivity index (χ3v) is 2.58. The molecule has 0 aromatic carbocycles. The molecule has 0 aliphatic carbocycles. The molecule has 3 heteroatoms. The molecule has 80 valence electrons. The molecule has 0 fully saturated rings. The molecule has 1 aromatic heterocycles. The first kappa shape index (κ1) is 11.2. The topological polar surface area (TPSA) is 43.8 Å². The molecule has 0 aliphatic rings. The second-order valence-electron chi connectivity index (χ2n) is 4.88. The Kier molecular flexibility index (Phi) is 3.00. The summed E-state index contributed by atoms with van der Waals surface area (Å²) in [5, 5.41) is 4.40. The number of aryl methyl sites for hydroxylation is 2. The van der Waals surface area contributed by atoms with Gasteiger partial charge in [0.1, 0.15) is 0 Å². The van der Waals surface area contributed by atoms with Crippen molar-refractivity contribution in [2.45, 2.75) is 40.2 Å². The Balaban J connectivity index is 3.01. The van der Waals surface area contributed by atoms with Crippen LogP contribution in [0, 0.1) is 5.41 Å². The highest BCUT2D eigenvalue weighted by molar-refractivity contribution is 5.15. The maximum absolute atomic E-state index is 6.18. The van der Waals surface area contributed by atoms with Crippen molar-refractivity contribution in [3.05, 3.63) is 17.5 Å². The minimum Gasteiger partial charge on any atom is -0.322 e. The zero-order valence-corrected chi connectivity index (χ0v) is 9.83. The van der Waals surface area contributed by atoms with Gasteiger partial charge in [-0.05, 0) is 17.9 Å². The van der Waals surface area contributed by atoms with Gasteiger partial charge in [-0.1, -0.05) is 27.7 Å². The van der Waals surface area contributed by atoms with Crippen LogP contribution in [0.4, 0.5) is 0 Å². The molecule has 1 atom stereocenters. The van der Waals surface area contributed by atoms with Crippen molar-refractivity contribution in [3.63, 3.8) is 0 Å². The van der Waals surface area contributed by atoms with Crippen LogP contribution in [0.5, 0.6) is 0 Å². The van der Waals surface area contributed by atoms with Crippen LogP contribution in [0.25, 0.3) is 0 Å². The molecule has 3 nitrogen and oxygen atoms in total. The molecule has 1 heterocycles. The van der Waals surface area contributed by atoms with Crippen LogP contribution in [0.2, 0.25) is 0 Å². The molecule has 0 radical (unpaired) electrons. The van der Waals surface area contributed by atoms with Gasteiger partial charge >= 0.3 is 0 Å². The molecule has 0 bridgehead atoms. The summed E-state index contributed by atoms with van der Waals surface area (Å²) in [5.74, 6) is 0. The van der Waals surface area contributed by atoms with Crippen LogP contribution in [-0.2, 0) is 13.5 Å². The van der Waals surface area contributed by atoms with Gasteiger partial charge in [-0.3, -0.25) is 4.68 Å². The van der Waals surface area contributed by atoms with Gasteiger partial charge in [0.25, 0.3) is 0 Å². The second-order valence-corrected chi connectivity index (χ2v) is 4.88. The van der Waals surface area contributed by atoms with Crippen LogP contribution >= 0.6 is 0 Å². The Morgan fingerprint density at radius 2 is 2.07 bits per heavy atom. The summed E-state index contributed by atoms with van der Waals surface area (Å²) in [6.07, 6.45) is 0.963. The van der Waals surface area contributed by atoms with Crippen molar-refractivity contribution < 1.29 is 0 Å². The van der Waals surface area contributed by atoms with E-state index in [1.807, 2.05) is 11.7 Å². The molecule has 1 unspecified atom stereocenters. The molecule has 14 heavy (non-hydrogen) atoms. The lowest BCUT2D eigenvalue weighted by Crippen LogP contribution is -2.28. The predicted octanol–water partition coefficient (Wildman–Crippen LogP) is 2.03. The van der Waals surface area contributed by atoms with E-state index in [9.17, 15) is 0 Å². The number of rotatable bonds is 2. The maximum Gasteiger partial charge on any atom is 0.0625 e. The smallest absolute Gasteiger partial charge is 0.0625 e. The third kappa shape index (κ3) is 2.15. The largest absolute Gasteiger partial charge is 0.322 e. The van der Waals surface area contributed by atoms with E-state index < -0.39 is 0 Å². The molecule has 0 aliphatic heterocycles. The second kappa shape index (κ2) is 3.73. The summed E-state index contributed by atoms with van der Waals surface area (Å²) in [5.41, 5.74) is 8.50. The zero-order valence-electron chi connectivity index (χ0n) is 9.83. The Morgan fingerprint density at radius 1 is 1.50 bits per heavy atom. The molecule has 1 rings (SSSR count). The fraction of sp³-hybridized carbons (Fsp3) is 0.727. The van der Waals surface area contributed by atoms with Gasteiger partial charge < -0.3 is 5.73 Å². The van der Waals surface area contributed by atoms with Gasteiger partial charge in [0, 0.05) is 7.05 Å². The molecule has 0 spiro atoms. The van der Waals surface area contributed by atoms with Gasteiger partial charge in [-0.2, -0.15) is 5.10 Å². The van der Waals surface area contributed by atoms with Gasteiger partial charge in [0.05, 0.1) is 17.4 Å². The van der Waals surface area contributed by atoms with Crippen molar-refractivity contribution >= 4 is 0 Å². The summed E-state index contributed by atoms with van der Waals surface area (Å²) in [7, 11) is 1.96. The summed E-state index contributed by atoms with van der Waals surface area (Å²) < 4.78 is 1.90. The van der Waals surface area contributed by atoms with Crippen molar-refractivity contribution in [3.8, 4) is 0 Å². The van der Waals surface area contributed by atoms with Crippen molar-refractivity contribution in [2.24, 2.45) is 18.2 Å². The average Bonchev–Trinajstić information content (AvgIpc) is 2.43. The number of nitrogens with two attached hydrogens (primary N) is 1. The predicted molar refractivity (Wildman–Crippen MR) is 59.0 cm³/mol. The van der Waals surface area contributed by atoms with E-state index in [1.54, 1.807) is 0 Å². The highest BCUT2D eigenvalue weighted by Crippen LogP contribution is 2.30. The quantitative estimate of drug-likeness (QED) is 0.784. The minimum absolute atomic E-state index is 0.0419. The van der Waals surface area contributed by atoms with Crippen LogP contribution in [-0.4, -0.2) is 9.78 Å². The average molecular weight is 195 g/mol. The standard InChI is InChI=1S/C11H21N3/c1-6-8-7-9(14(5)13-8)10(12)11(2,3)4/h7,10H,6,12H2,1-5H3. The van der Waals surface area contributed by atoms with Gasteiger partial charge in [-0.15, -0.1) is 0 Å². The fourth-order valence-electron chi connectivity index (χ4n) is 1.45. The number of nitrogens with zero attached hydrogens (tertiary/aromatic N) is 2. The molecule has 2 N–H and O–H groups in total. The van der Waals surface area contributed by atoms with Crippen molar-refractivity contribution in [2.75, 3.05) is 0 Å². The number of hydrogen-bond acceptors (Lipinski definition) is 2. The van der Waals surface area contributed by atoms with Crippen LogP contribution in [0.15, 0.2) is 6.07 Å². The zero-order chi connectivity index (χ0) is 10.9. The summed E-state index contributed by atoms with van der Waals surface area (Å²) >= 11 is 0. The highest BCUT2D eigenvalue weighted by atomic mass is 15.3. The lowest BCUT2D eigenvalue weighted by Gasteiger charge is -2.26. The third-order valence-electron chi connectivity index (χ3n) is 2.58. The molecular formula is C11H21N3. The fourth-order valence-corrected chi connectivity index (χ4v) is 1.45. The first-order valence-corrected chi connectivity index (χ1v) is 5.14. The summed E-state index contributed by atoms with van der Waals surface area (Å²) in [6, 6.07) is 2.15. The van der Waals surface area contributed by atoms with Crippen LogP contribution in [0.3, 0.4) is 0 Å². The van der Waals surface area contributed by atoms with E-state index in [2.05, 4.69) is 38.9 Å². The molecule has 1 aromatic rings. The normalized spacial score (nSPS) is 14.4. The minimum atomic E-state index is 0.0419. The van der Waals surface area contributed by atoms with Gasteiger partial charge in [-0.25, -0.2) is 0 Å². The summed E-state index contributed by atoms with van der Waals surface area (Å²) in [6.45, 7) is 8.55. The SMILES string of the molecule is CCc1cc(C(N)C(C)(C)C)n(C)n1. The lowest BCUT2D eigenvalue weighted by molar-refractivity contribution is 0.314. The van der Waals surface area contributed by atoms with E-state index in [0.717, 1.165) is 17.8 Å². The monoisotopic (exact) mass is 195 g/mol. The molecular weight excluding hydrogens is 174 g/mol. The number of hydrogen-bond donors (Lipinski definition) is 1. The van der Waals surface area contributed by atoms with E-state index >= 15 is 0 Å².